The van der Waals surface area contributed by atoms with Gasteiger partial charge < -0.3 is 10.1 Å². The molecule has 0 aliphatic carbocycles. The van der Waals surface area contributed by atoms with Crippen molar-refractivity contribution in [2.24, 2.45) is 0 Å². The maximum absolute atomic E-state index is 13.3. The van der Waals surface area contributed by atoms with Gasteiger partial charge in [-0.05, 0) is 67.1 Å². The van der Waals surface area contributed by atoms with E-state index in [1.807, 2.05) is 6.92 Å². The molecular formula is C25H25BrN2O5S. The average Bonchev–Trinajstić information content (AvgIpc) is 2.84. The lowest BCUT2D eigenvalue weighted by atomic mass is 10.2. The highest BCUT2D eigenvalue weighted by Gasteiger charge is 2.27. The predicted molar refractivity (Wildman–Crippen MR) is 135 cm³/mol. The van der Waals surface area contributed by atoms with Crippen molar-refractivity contribution in [1.82, 2.24) is 0 Å². The van der Waals surface area contributed by atoms with E-state index in [4.69, 9.17) is 4.74 Å². The number of hydrogen-bond donors (Lipinski definition) is 1. The number of hydrogen-bond acceptors (Lipinski definition) is 5. The van der Waals surface area contributed by atoms with Gasteiger partial charge in [-0.3, -0.25) is 9.10 Å². The molecule has 0 saturated carbocycles. The van der Waals surface area contributed by atoms with Gasteiger partial charge in [0.05, 0.1) is 22.8 Å². The average molecular weight is 545 g/mol. The summed E-state index contributed by atoms with van der Waals surface area (Å²) in [6.45, 7) is 1.93. The summed E-state index contributed by atoms with van der Waals surface area (Å²) in [6.07, 6.45) is 1.72. The van der Waals surface area contributed by atoms with Crippen molar-refractivity contribution in [2.45, 2.75) is 24.7 Å². The number of carbonyl (C=O) groups excluding carboxylic acids is 2. The monoisotopic (exact) mass is 544 g/mol. The van der Waals surface area contributed by atoms with Crippen LogP contribution in [0.1, 0.15) is 30.1 Å². The molecule has 7 nitrogen and oxygen atoms in total. The van der Waals surface area contributed by atoms with Gasteiger partial charge in [0.15, 0.2) is 0 Å². The number of anilines is 2. The van der Waals surface area contributed by atoms with Crippen LogP contribution < -0.4 is 9.62 Å². The van der Waals surface area contributed by atoms with Crippen molar-refractivity contribution in [1.29, 1.82) is 0 Å². The van der Waals surface area contributed by atoms with Crippen molar-refractivity contribution in [3.63, 3.8) is 0 Å². The summed E-state index contributed by atoms with van der Waals surface area (Å²) >= 11 is 3.34. The molecule has 34 heavy (non-hydrogen) atoms. The standard InChI is InChI=1S/C25H25BrN2O5S/c1-2-3-17-33-25(30)19-9-13-21(14-10-19)27-24(29)18-28(22-15-11-20(26)12-16-22)34(31,32)23-7-5-4-6-8-23/h4-16H,2-3,17-18H2,1H3,(H,27,29). The Bertz CT molecular complexity index is 1210. The number of nitrogens with one attached hydrogen (secondary N) is 1. The third-order valence-corrected chi connectivity index (χ3v) is 7.19. The first-order valence-electron chi connectivity index (χ1n) is 10.7. The number of amides is 1. The minimum absolute atomic E-state index is 0.0802. The molecular weight excluding hydrogens is 520 g/mol. The topological polar surface area (TPSA) is 92.8 Å². The number of benzene rings is 3. The molecule has 0 aliphatic rings. The number of unbranched alkanes of at least 4 members (excludes halogenated alkanes) is 1. The molecule has 9 heteroatoms. The predicted octanol–water partition coefficient (Wildman–Crippen LogP) is 5.24. The van der Waals surface area contributed by atoms with Crippen LogP contribution in [-0.4, -0.2) is 33.4 Å². The molecule has 0 bridgehead atoms. The van der Waals surface area contributed by atoms with Crippen LogP contribution in [0.5, 0.6) is 0 Å². The zero-order valence-corrected chi connectivity index (χ0v) is 21.0. The van der Waals surface area contributed by atoms with E-state index in [9.17, 15) is 18.0 Å². The number of halogens is 1. The molecule has 0 unspecified atom stereocenters. The molecule has 0 aliphatic heterocycles. The van der Waals surface area contributed by atoms with Crippen molar-refractivity contribution in [2.75, 3.05) is 22.8 Å². The van der Waals surface area contributed by atoms with Gasteiger partial charge in [0.25, 0.3) is 10.0 Å². The maximum Gasteiger partial charge on any atom is 0.338 e. The molecule has 0 spiro atoms. The molecule has 178 valence electrons. The van der Waals surface area contributed by atoms with Crippen LogP contribution in [0.25, 0.3) is 0 Å². The quantitative estimate of drug-likeness (QED) is 0.278. The van der Waals surface area contributed by atoms with Gasteiger partial charge >= 0.3 is 5.97 Å². The summed E-state index contributed by atoms with van der Waals surface area (Å²) in [5.41, 5.74) is 1.16. The van der Waals surface area contributed by atoms with Crippen LogP contribution in [0.3, 0.4) is 0 Å². The molecule has 3 rings (SSSR count). The number of nitrogens with zero attached hydrogens (tertiary/aromatic N) is 1. The highest BCUT2D eigenvalue weighted by atomic mass is 79.9. The van der Waals surface area contributed by atoms with Gasteiger partial charge in [-0.1, -0.05) is 47.5 Å². The lowest BCUT2D eigenvalue weighted by Crippen LogP contribution is -2.38. The molecule has 1 N–H and O–H groups in total. The Hall–Kier alpha value is -3.17. The Balaban J connectivity index is 1.76. The Labute approximate surface area is 207 Å². The Kier molecular flexibility index (Phi) is 8.84. The first-order chi connectivity index (χ1) is 16.3. The molecule has 0 aromatic heterocycles. The summed E-state index contributed by atoms with van der Waals surface area (Å²) in [4.78, 5) is 24.9. The second-order valence-corrected chi connectivity index (χ2v) is 10.2. The zero-order chi connectivity index (χ0) is 24.6. The molecule has 1 amide bonds. The van der Waals surface area contributed by atoms with E-state index >= 15 is 0 Å². The normalized spacial score (nSPS) is 11.0. The van der Waals surface area contributed by atoms with Crippen LogP contribution in [-0.2, 0) is 19.6 Å². The lowest BCUT2D eigenvalue weighted by Gasteiger charge is -2.24. The van der Waals surface area contributed by atoms with Gasteiger partial charge in [0, 0.05) is 10.2 Å². The highest BCUT2D eigenvalue weighted by molar-refractivity contribution is 9.10. The van der Waals surface area contributed by atoms with Crippen LogP contribution in [0.2, 0.25) is 0 Å². The number of ether oxygens (including phenoxy) is 1. The molecule has 0 radical (unpaired) electrons. The smallest absolute Gasteiger partial charge is 0.338 e. The van der Waals surface area contributed by atoms with Crippen molar-refractivity contribution >= 4 is 49.2 Å². The van der Waals surface area contributed by atoms with Gasteiger partial charge in [-0.25, -0.2) is 13.2 Å². The van der Waals surface area contributed by atoms with E-state index < -0.39 is 28.4 Å². The molecule has 0 fully saturated rings. The van der Waals surface area contributed by atoms with Crippen LogP contribution in [0.15, 0.2) is 88.2 Å². The van der Waals surface area contributed by atoms with E-state index in [0.29, 0.717) is 23.5 Å². The number of esters is 1. The summed E-state index contributed by atoms with van der Waals surface area (Å²) < 4.78 is 33.7. The Morgan fingerprint density at radius 2 is 1.59 bits per heavy atom. The van der Waals surface area contributed by atoms with Crippen molar-refractivity contribution in [3.8, 4) is 0 Å². The summed E-state index contributed by atoms with van der Waals surface area (Å²) in [5, 5.41) is 2.69. The third kappa shape index (κ3) is 6.68. The number of rotatable bonds is 10. The molecule has 3 aromatic rings. The molecule has 0 heterocycles. The van der Waals surface area contributed by atoms with Crippen LogP contribution in [0.4, 0.5) is 11.4 Å². The van der Waals surface area contributed by atoms with E-state index in [-0.39, 0.29) is 4.90 Å². The van der Waals surface area contributed by atoms with Gasteiger partial charge in [0.1, 0.15) is 6.54 Å². The molecule has 0 saturated heterocycles. The van der Waals surface area contributed by atoms with Gasteiger partial charge in [-0.2, -0.15) is 0 Å². The zero-order valence-electron chi connectivity index (χ0n) is 18.6. The molecule has 0 atom stereocenters. The number of carbonyl (C=O) groups is 2. The second-order valence-electron chi connectivity index (χ2n) is 7.42. The summed E-state index contributed by atoms with van der Waals surface area (Å²) in [7, 11) is -3.99. The van der Waals surface area contributed by atoms with Gasteiger partial charge in [0.2, 0.25) is 5.91 Å². The van der Waals surface area contributed by atoms with Crippen molar-refractivity contribution in [3.05, 3.63) is 88.9 Å². The first kappa shape index (κ1) is 25.5. The van der Waals surface area contributed by atoms with Crippen molar-refractivity contribution < 1.29 is 22.7 Å². The summed E-state index contributed by atoms with van der Waals surface area (Å²) in [6, 6.07) is 20.9. The largest absolute Gasteiger partial charge is 0.462 e. The Morgan fingerprint density at radius 3 is 2.21 bits per heavy atom. The van der Waals surface area contributed by atoms with Crippen LogP contribution >= 0.6 is 15.9 Å². The fourth-order valence-electron chi connectivity index (χ4n) is 3.06. The Morgan fingerprint density at radius 1 is 0.941 bits per heavy atom. The van der Waals surface area contributed by atoms with Gasteiger partial charge in [-0.15, -0.1) is 0 Å². The molecule has 3 aromatic carbocycles. The maximum atomic E-state index is 13.3. The van der Waals surface area contributed by atoms with E-state index in [1.165, 1.54) is 12.1 Å². The minimum atomic E-state index is -3.99. The third-order valence-electron chi connectivity index (χ3n) is 4.87. The van der Waals surface area contributed by atoms with E-state index in [1.54, 1.807) is 66.7 Å². The number of sulfonamides is 1. The summed E-state index contributed by atoms with van der Waals surface area (Å²) in [5.74, 6) is -0.956. The van der Waals surface area contributed by atoms with Crippen LogP contribution in [0, 0.1) is 0 Å². The minimum Gasteiger partial charge on any atom is -0.462 e. The fraction of sp³-hybridized carbons (Fsp3) is 0.200. The SMILES string of the molecule is CCCCOC(=O)c1ccc(NC(=O)CN(c2ccc(Br)cc2)S(=O)(=O)c2ccccc2)cc1. The lowest BCUT2D eigenvalue weighted by molar-refractivity contribution is -0.114. The fourth-order valence-corrected chi connectivity index (χ4v) is 4.76. The highest BCUT2D eigenvalue weighted by Crippen LogP contribution is 2.25. The first-order valence-corrected chi connectivity index (χ1v) is 12.9. The van der Waals surface area contributed by atoms with E-state index in [2.05, 4.69) is 21.2 Å². The second kappa shape index (κ2) is 11.8. The van der Waals surface area contributed by atoms with E-state index in [0.717, 1.165) is 21.6 Å².